The number of ether oxygens (including phenoxy) is 1. The Bertz CT molecular complexity index is 514. The molecule has 0 spiro atoms. The first-order valence-electron chi connectivity index (χ1n) is 5.53. The third-order valence-electron chi connectivity index (χ3n) is 2.96. The van der Waals surface area contributed by atoms with Gasteiger partial charge in [0.05, 0.1) is 6.61 Å². The van der Waals surface area contributed by atoms with Crippen molar-refractivity contribution in [2.45, 2.75) is 25.8 Å². The maximum Gasteiger partial charge on any atom is 0.326 e. The number of nitrogens with zero attached hydrogens (tertiary/aromatic N) is 1. The normalized spacial score (nSPS) is 19.8. The molecule has 0 amide bonds. The smallest absolute Gasteiger partial charge is 0.326 e. The lowest BCUT2D eigenvalue weighted by Crippen LogP contribution is -2.46. The van der Waals surface area contributed by atoms with Gasteiger partial charge in [0.1, 0.15) is 11.7 Å². The molecule has 0 unspecified atom stereocenters. The Labute approximate surface area is 97.1 Å². The molecule has 0 aromatic heterocycles. The van der Waals surface area contributed by atoms with E-state index in [4.69, 9.17) is 9.84 Å². The predicted octanol–water partition coefficient (Wildman–Crippen LogP) is -0.265. The van der Waals surface area contributed by atoms with Crippen molar-refractivity contribution in [1.29, 1.82) is 0 Å². The van der Waals surface area contributed by atoms with Crippen LogP contribution < -0.4 is 20.5 Å². The van der Waals surface area contributed by atoms with Gasteiger partial charge in [0.15, 0.2) is 5.75 Å². The number of hydrogen-bond acceptors (Lipinski definition) is 5. The molecule has 0 aliphatic carbocycles. The molecule has 1 N–H and O–H groups in total. The van der Waals surface area contributed by atoms with E-state index in [-0.39, 0.29) is 18.0 Å². The summed E-state index contributed by atoms with van der Waals surface area (Å²) in [6, 6.07) is -0.725. The van der Waals surface area contributed by atoms with Gasteiger partial charge in [-0.3, -0.25) is 9.59 Å². The van der Waals surface area contributed by atoms with Crippen molar-refractivity contribution < 1.29 is 14.6 Å². The Morgan fingerprint density at radius 1 is 1.47 bits per heavy atom. The number of carbonyl (C=O) groups is 1. The summed E-state index contributed by atoms with van der Waals surface area (Å²) in [7, 11) is 0. The second kappa shape index (κ2) is 4.20. The summed E-state index contributed by atoms with van der Waals surface area (Å²) in [6.45, 7) is 2.46. The summed E-state index contributed by atoms with van der Waals surface area (Å²) in [6.07, 6.45) is 1.18. The molecule has 92 valence electrons. The second-order valence-corrected chi connectivity index (χ2v) is 3.96. The first-order chi connectivity index (χ1) is 8.07. The first kappa shape index (κ1) is 11.6. The van der Waals surface area contributed by atoms with Crippen LogP contribution in [-0.2, 0) is 4.79 Å². The van der Waals surface area contributed by atoms with Crippen LogP contribution in [0, 0.1) is 0 Å². The van der Waals surface area contributed by atoms with E-state index >= 15 is 0 Å². The average Bonchev–Trinajstić information content (AvgIpc) is 2.76. The molecule has 1 aromatic carbocycles. The van der Waals surface area contributed by atoms with Gasteiger partial charge in [-0.25, -0.2) is 4.79 Å². The van der Waals surface area contributed by atoms with E-state index in [2.05, 4.69) is 0 Å². The highest BCUT2D eigenvalue weighted by molar-refractivity contribution is 5.81. The van der Waals surface area contributed by atoms with Crippen molar-refractivity contribution in [3.8, 4) is 5.75 Å². The Hall–Kier alpha value is -1.85. The van der Waals surface area contributed by atoms with Crippen molar-refractivity contribution in [2.24, 2.45) is 0 Å². The van der Waals surface area contributed by atoms with Gasteiger partial charge in [-0.1, -0.05) is 0 Å². The van der Waals surface area contributed by atoms with E-state index in [1.807, 2.05) is 0 Å². The molecule has 0 radical (unpaired) electrons. The van der Waals surface area contributed by atoms with E-state index < -0.39 is 22.9 Å². The summed E-state index contributed by atoms with van der Waals surface area (Å²) in [5, 5.41) is 9.02. The molecular weight excluding hydrogens is 226 g/mol. The van der Waals surface area contributed by atoms with Crippen LogP contribution in [0.5, 0.6) is 5.75 Å². The Morgan fingerprint density at radius 2 is 2.18 bits per heavy atom. The lowest BCUT2D eigenvalue weighted by molar-refractivity contribution is -0.138. The van der Waals surface area contributed by atoms with Gasteiger partial charge < -0.3 is 14.7 Å². The van der Waals surface area contributed by atoms with Gasteiger partial charge in [-0.05, 0) is 19.8 Å². The van der Waals surface area contributed by atoms with Crippen LogP contribution in [0.15, 0.2) is 9.59 Å². The molecule has 1 fully saturated rings. The molecule has 1 aromatic rings. The minimum Gasteiger partial charge on any atom is -0.488 e. The van der Waals surface area contributed by atoms with Gasteiger partial charge in [-0.15, -0.1) is 0 Å². The molecule has 1 heterocycles. The fourth-order valence-corrected chi connectivity index (χ4v) is 2.19. The summed E-state index contributed by atoms with van der Waals surface area (Å²) < 4.78 is 5.09. The molecule has 1 atom stereocenters. The van der Waals surface area contributed by atoms with Crippen LogP contribution in [-0.4, -0.2) is 30.3 Å². The number of hydrogen-bond donors (Lipinski definition) is 1. The Morgan fingerprint density at radius 3 is 2.76 bits per heavy atom. The summed E-state index contributed by atoms with van der Waals surface area (Å²) >= 11 is 0. The lowest BCUT2D eigenvalue weighted by Gasteiger charge is -2.25. The first-order valence-corrected chi connectivity index (χ1v) is 5.53. The van der Waals surface area contributed by atoms with Gasteiger partial charge in [0.25, 0.3) is 10.9 Å². The average molecular weight is 239 g/mol. The van der Waals surface area contributed by atoms with Gasteiger partial charge in [0, 0.05) is 6.54 Å². The van der Waals surface area contributed by atoms with E-state index in [1.165, 1.54) is 4.90 Å². The molecule has 1 aliphatic rings. The molecule has 6 heteroatoms. The summed E-state index contributed by atoms with van der Waals surface area (Å²) in [5.41, 5.74) is -1.15. The largest absolute Gasteiger partial charge is 0.488 e. The standard InChI is InChI=1S/C11H13NO5/c1-2-17-10-7(8(13)9(10)14)12-5-3-4-6(12)11(15)16/h6H,2-5H2,1H3,(H,15,16)/t6-/m0/s1. The Balaban J connectivity index is 2.34. The molecule has 17 heavy (non-hydrogen) atoms. The summed E-state index contributed by atoms with van der Waals surface area (Å²) in [5.74, 6) is -0.955. The fraction of sp³-hybridized carbons (Fsp3) is 0.545. The lowest BCUT2D eigenvalue weighted by atomic mass is 10.1. The minimum absolute atomic E-state index is 0.0191. The third-order valence-corrected chi connectivity index (χ3v) is 2.96. The number of aliphatic carboxylic acids is 1. The zero-order chi connectivity index (χ0) is 12.6. The van der Waals surface area contributed by atoms with E-state index in [0.29, 0.717) is 19.4 Å². The zero-order valence-electron chi connectivity index (χ0n) is 9.43. The fourth-order valence-electron chi connectivity index (χ4n) is 2.19. The van der Waals surface area contributed by atoms with Crippen molar-refractivity contribution in [1.82, 2.24) is 0 Å². The monoisotopic (exact) mass is 239 g/mol. The molecule has 2 rings (SSSR count). The molecule has 1 saturated heterocycles. The van der Waals surface area contributed by atoms with Gasteiger partial charge in [0.2, 0.25) is 0 Å². The van der Waals surface area contributed by atoms with E-state index in [1.54, 1.807) is 6.92 Å². The van der Waals surface area contributed by atoms with Crippen molar-refractivity contribution in [3.63, 3.8) is 0 Å². The van der Waals surface area contributed by atoms with Crippen LogP contribution in [0.3, 0.4) is 0 Å². The molecule has 6 nitrogen and oxygen atoms in total. The number of rotatable bonds is 4. The van der Waals surface area contributed by atoms with Crippen LogP contribution in [0.25, 0.3) is 0 Å². The minimum atomic E-state index is -0.974. The third kappa shape index (κ3) is 1.69. The SMILES string of the molecule is CCOc1c(N2CCC[C@H]2C(=O)O)c(=O)c1=O. The van der Waals surface area contributed by atoms with Crippen molar-refractivity contribution >= 4 is 11.7 Å². The maximum atomic E-state index is 11.5. The molecule has 1 aliphatic heterocycles. The van der Waals surface area contributed by atoms with Gasteiger partial charge in [-0.2, -0.15) is 0 Å². The second-order valence-electron chi connectivity index (χ2n) is 3.96. The van der Waals surface area contributed by atoms with E-state index in [0.717, 1.165) is 0 Å². The number of carboxylic acid groups (broad SMARTS) is 1. The highest BCUT2D eigenvalue weighted by Gasteiger charge is 2.37. The highest BCUT2D eigenvalue weighted by atomic mass is 16.5. The quantitative estimate of drug-likeness (QED) is 0.728. The van der Waals surface area contributed by atoms with Crippen LogP contribution >= 0.6 is 0 Å². The summed E-state index contributed by atoms with van der Waals surface area (Å²) in [4.78, 5) is 35.2. The van der Waals surface area contributed by atoms with Gasteiger partial charge >= 0.3 is 5.97 Å². The Kier molecular flexibility index (Phi) is 2.87. The zero-order valence-corrected chi connectivity index (χ0v) is 9.43. The van der Waals surface area contributed by atoms with Crippen molar-refractivity contribution in [2.75, 3.05) is 18.1 Å². The molecule has 0 saturated carbocycles. The number of anilines is 1. The highest BCUT2D eigenvalue weighted by Crippen LogP contribution is 2.30. The molecular formula is C11H13NO5. The maximum absolute atomic E-state index is 11.5. The topological polar surface area (TPSA) is 83.9 Å². The van der Waals surface area contributed by atoms with Crippen LogP contribution in [0.2, 0.25) is 0 Å². The predicted molar refractivity (Wildman–Crippen MR) is 60.5 cm³/mol. The number of carboxylic acids is 1. The molecule has 0 bridgehead atoms. The van der Waals surface area contributed by atoms with Crippen LogP contribution in [0.4, 0.5) is 5.69 Å². The van der Waals surface area contributed by atoms with E-state index in [9.17, 15) is 14.4 Å². The van der Waals surface area contributed by atoms with Crippen LogP contribution in [0.1, 0.15) is 19.8 Å². The van der Waals surface area contributed by atoms with Crippen molar-refractivity contribution in [3.05, 3.63) is 20.4 Å².